The second kappa shape index (κ2) is 4.06. The Kier molecular flexibility index (Phi) is 3.72. The van der Waals surface area contributed by atoms with Gasteiger partial charge < -0.3 is 5.41 Å². The van der Waals surface area contributed by atoms with Crippen molar-refractivity contribution in [2.45, 2.75) is 27.7 Å². The third-order valence-corrected chi connectivity index (χ3v) is 1.33. The highest BCUT2D eigenvalue weighted by Crippen LogP contribution is 2.25. The fourth-order valence-corrected chi connectivity index (χ4v) is 0.819. The van der Waals surface area contributed by atoms with Crippen LogP contribution in [0.5, 0.6) is 0 Å². The molecule has 0 atom stereocenters. The zero-order valence-corrected chi connectivity index (χ0v) is 7.68. The van der Waals surface area contributed by atoms with Crippen LogP contribution in [0.25, 0.3) is 0 Å². The van der Waals surface area contributed by atoms with Crippen molar-refractivity contribution in [3.05, 3.63) is 11.8 Å². The highest BCUT2D eigenvalue weighted by atomic mass is 14.8. The van der Waals surface area contributed by atoms with Gasteiger partial charge in [0.1, 0.15) is 0 Å². The summed E-state index contributed by atoms with van der Waals surface area (Å²) in [7, 11) is 0. The fourth-order valence-electron chi connectivity index (χ4n) is 0.819. The number of aliphatic imine (C=N–C) groups is 1. The molecule has 0 aromatic heterocycles. The first-order valence-corrected chi connectivity index (χ1v) is 3.72. The number of allylic oxidation sites excluding steroid dienone is 2. The van der Waals surface area contributed by atoms with Gasteiger partial charge in [-0.25, -0.2) is 0 Å². The minimum absolute atomic E-state index is 0.0776. The first kappa shape index (κ1) is 10.1. The lowest BCUT2D eigenvalue weighted by Gasteiger charge is -2.18. The Bertz CT molecular complexity index is 182. The molecule has 0 fully saturated rings. The summed E-state index contributed by atoms with van der Waals surface area (Å²) in [6.45, 7) is 8.26. The predicted molar refractivity (Wildman–Crippen MR) is 50.5 cm³/mol. The van der Waals surface area contributed by atoms with Crippen LogP contribution in [0.1, 0.15) is 27.7 Å². The van der Waals surface area contributed by atoms with Crippen molar-refractivity contribution in [2.24, 2.45) is 10.4 Å². The molecule has 0 saturated carbocycles. The molecular formula is C9H16N2. The third kappa shape index (κ3) is 3.71. The second-order valence-corrected chi connectivity index (χ2v) is 3.37. The lowest BCUT2D eigenvalue weighted by atomic mass is 9.92. The summed E-state index contributed by atoms with van der Waals surface area (Å²) < 4.78 is 0. The maximum absolute atomic E-state index is 6.77. The van der Waals surface area contributed by atoms with Gasteiger partial charge >= 0.3 is 0 Å². The van der Waals surface area contributed by atoms with Gasteiger partial charge in [0, 0.05) is 23.5 Å². The topological polar surface area (TPSA) is 36.2 Å². The largest absolute Gasteiger partial charge is 0.307 e. The average molecular weight is 152 g/mol. The highest BCUT2D eigenvalue weighted by Gasteiger charge is 2.14. The van der Waals surface area contributed by atoms with Gasteiger partial charge in [0.2, 0.25) is 0 Å². The lowest BCUT2D eigenvalue weighted by molar-refractivity contribution is 0.498. The quantitative estimate of drug-likeness (QED) is 0.590. The number of rotatable bonds is 2. The molecule has 11 heavy (non-hydrogen) atoms. The van der Waals surface area contributed by atoms with E-state index in [4.69, 9.17) is 5.41 Å². The van der Waals surface area contributed by atoms with Gasteiger partial charge in [-0.2, -0.15) is 0 Å². The molecule has 0 bridgehead atoms. The van der Waals surface area contributed by atoms with Crippen LogP contribution in [-0.2, 0) is 0 Å². The van der Waals surface area contributed by atoms with E-state index in [9.17, 15) is 0 Å². The van der Waals surface area contributed by atoms with Gasteiger partial charge in [-0.1, -0.05) is 26.8 Å². The van der Waals surface area contributed by atoms with E-state index in [2.05, 4.69) is 25.8 Å². The number of hydrogen-bond acceptors (Lipinski definition) is 2. The van der Waals surface area contributed by atoms with Crippen LogP contribution in [0.4, 0.5) is 0 Å². The Morgan fingerprint density at radius 1 is 1.36 bits per heavy atom. The molecule has 0 aromatic rings. The molecule has 0 saturated heterocycles. The maximum Gasteiger partial charge on any atom is 0.0447 e. The molecule has 1 N–H and O–H groups in total. The van der Waals surface area contributed by atoms with Crippen LogP contribution in [0.15, 0.2) is 16.8 Å². The molecule has 0 aliphatic rings. The van der Waals surface area contributed by atoms with Crippen LogP contribution in [0.3, 0.4) is 0 Å². The Morgan fingerprint density at radius 2 is 1.91 bits per heavy atom. The Morgan fingerprint density at radius 3 is 2.18 bits per heavy atom. The zero-order chi connectivity index (χ0) is 8.91. The first-order chi connectivity index (χ1) is 5.02. The molecule has 2 nitrogen and oxygen atoms in total. The number of nitrogens with zero attached hydrogens (tertiary/aromatic N) is 1. The van der Waals surface area contributed by atoms with E-state index in [1.165, 1.54) is 12.4 Å². The number of hydrogen-bond donors (Lipinski definition) is 1. The van der Waals surface area contributed by atoms with Crippen molar-refractivity contribution in [3.8, 4) is 0 Å². The Hall–Kier alpha value is -0.920. The van der Waals surface area contributed by atoms with Gasteiger partial charge in [-0.3, -0.25) is 4.99 Å². The van der Waals surface area contributed by atoms with E-state index in [1.807, 2.05) is 13.0 Å². The van der Waals surface area contributed by atoms with Crippen LogP contribution in [0, 0.1) is 10.8 Å². The summed E-state index contributed by atoms with van der Waals surface area (Å²) in [6.07, 6.45) is 4.66. The maximum atomic E-state index is 6.77. The molecule has 0 aliphatic heterocycles. The van der Waals surface area contributed by atoms with Crippen molar-refractivity contribution < 1.29 is 0 Å². The third-order valence-electron chi connectivity index (χ3n) is 1.33. The molecule has 2 heteroatoms. The summed E-state index contributed by atoms with van der Waals surface area (Å²) in [5, 5.41) is 6.77. The van der Waals surface area contributed by atoms with Crippen LogP contribution < -0.4 is 0 Å². The molecule has 0 spiro atoms. The smallest absolute Gasteiger partial charge is 0.0447 e. The standard InChI is InChI=1S/C9H16N2/c1-5-8(9(2,3)4)11-7-6-10/h5-7,10H,1-4H3/b8-5+,10-6?,11-7?. The lowest BCUT2D eigenvalue weighted by Crippen LogP contribution is -2.07. The van der Waals surface area contributed by atoms with Crippen LogP contribution >= 0.6 is 0 Å². The Labute approximate surface area is 68.5 Å². The fraction of sp³-hybridized carbons (Fsp3) is 0.556. The SMILES string of the molecule is C/C=C(/N=CC=N)C(C)(C)C. The molecule has 0 aliphatic carbocycles. The highest BCUT2D eigenvalue weighted by molar-refractivity contribution is 6.14. The van der Waals surface area contributed by atoms with Crippen molar-refractivity contribution >= 4 is 12.4 Å². The van der Waals surface area contributed by atoms with Gasteiger partial charge in [0.25, 0.3) is 0 Å². The normalized spacial score (nSPS) is 14.0. The van der Waals surface area contributed by atoms with Gasteiger partial charge in [0.15, 0.2) is 0 Å². The summed E-state index contributed by atoms with van der Waals surface area (Å²) in [6, 6.07) is 0. The van der Waals surface area contributed by atoms with Crippen molar-refractivity contribution in [2.75, 3.05) is 0 Å². The zero-order valence-electron chi connectivity index (χ0n) is 7.68. The van der Waals surface area contributed by atoms with E-state index in [0.29, 0.717) is 0 Å². The predicted octanol–water partition coefficient (Wildman–Crippen LogP) is 2.66. The van der Waals surface area contributed by atoms with E-state index in [-0.39, 0.29) is 5.41 Å². The van der Waals surface area contributed by atoms with Crippen LogP contribution in [0.2, 0.25) is 0 Å². The summed E-state index contributed by atoms with van der Waals surface area (Å²) in [5.74, 6) is 0. The van der Waals surface area contributed by atoms with E-state index >= 15 is 0 Å². The van der Waals surface area contributed by atoms with E-state index in [1.54, 1.807) is 0 Å². The molecule has 0 radical (unpaired) electrons. The minimum Gasteiger partial charge on any atom is -0.307 e. The summed E-state index contributed by atoms with van der Waals surface area (Å²) >= 11 is 0. The molecule has 0 rings (SSSR count). The van der Waals surface area contributed by atoms with Crippen molar-refractivity contribution in [1.29, 1.82) is 5.41 Å². The van der Waals surface area contributed by atoms with Crippen molar-refractivity contribution in [1.82, 2.24) is 0 Å². The summed E-state index contributed by atoms with van der Waals surface area (Å²) in [5.41, 5.74) is 1.09. The van der Waals surface area contributed by atoms with Gasteiger partial charge in [-0.05, 0) is 6.92 Å². The van der Waals surface area contributed by atoms with Crippen molar-refractivity contribution in [3.63, 3.8) is 0 Å². The Balaban J connectivity index is 4.45. The molecular weight excluding hydrogens is 136 g/mol. The van der Waals surface area contributed by atoms with E-state index < -0.39 is 0 Å². The first-order valence-electron chi connectivity index (χ1n) is 3.72. The minimum atomic E-state index is 0.0776. The molecule has 0 heterocycles. The molecule has 62 valence electrons. The van der Waals surface area contributed by atoms with E-state index in [0.717, 1.165) is 5.70 Å². The van der Waals surface area contributed by atoms with Gasteiger partial charge in [-0.15, -0.1) is 0 Å². The second-order valence-electron chi connectivity index (χ2n) is 3.37. The number of nitrogens with one attached hydrogen (secondary N) is 1. The molecule has 0 unspecified atom stereocenters. The summed E-state index contributed by atoms with van der Waals surface area (Å²) in [4.78, 5) is 4.12. The average Bonchev–Trinajstić information content (AvgIpc) is 1.87. The monoisotopic (exact) mass is 152 g/mol. The molecule has 0 aromatic carbocycles. The van der Waals surface area contributed by atoms with Gasteiger partial charge in [0.05, 0.1) is 0 Å². The van der Waals surface area contributed by atoms with Crippen LogP contribution in [-0.4, -0.2) is 12.4 Å². The molecule has 0 amide bonds.